The van der Waals surface area contributed by atoms with Gasteiger partial charge in [0.25, 0.3) is 0 Å². The minimum atomic E-state index is -0.289. The zero-order chi connectivity index (χ0) is 10.5. The molecule has 0 saturated carbocycles. The van der Waals surface area contributed by atoms with E-state index in [1.807, 2.05) is 0 Å². The highest BCUT2D eigenvalue weighted by Crippen LogP contribution is 2.16. The molecule has 1 atom stereocenters. The number of anilines is 1. The lowest BCUT2D eigenvalue weighted by Crippen LogP contribution is -2.21. The molecule has 1 saturated heterocycles. The first kappa shape index (κ1) is 10.4. The van der Waals surface area contributed by atoms with E-state index in [-0.39, 0.29) is 11.9 Å². The van der Waals surface area contributed by atoms with E-state index in [4.69, 9.17) is 4.74 Å². The predicted molar refractivity (Wildman–Crippen MR) is 56.3 cm³/mol. The van der Waals surface area contributed by atoms with Gasteiger partial charge in [-0.2, -0.15) is 0 Å². The van der Waals surface area contributed by atoms with Gasteiger partial charge in [-0.1, -0.05) is 0 Å². The van der Waals surface area contributed by atoms with E-state index in [1.165, 1.54) is 6.07 Å². The van der Waals surface area contributed by atoms with E-state index in [0.29, 0.717) is 5.82 Å². The number of nitrogens with one attached hydrogen (secondary N) is 1. The lowest BCUT2D eigenvalue weighted by Gasteiger charge is -2.16. The summed E-state index contributed by atoms with van der Waals surface area (Å²) in [5.41, 5.74) is 0. The van der Waals surface area contributed by atoms with Crippen LogP contribution in [-0.2, 0) is 4.74 Å². The molecule has 0 unspecified atom stereocenters. The average Bonchev–Trinajstić information content (AvgIpc) is 2.50. The topological polar surface area (TPSA) is 34.2 Å². The van der Waals surface area contributed by atoms with Gasteiger partial charge in [-0.3, -0.25) is 0 Å². The molecular formula is C11H15FN2O. The van der Waals surface area contributed by atoms with Crippen LogP contribution in [0.3, 0.4) is 0 Å². The van der Waals surface area contributed by atoms with Crippen molar-refractivity contribution >= 4 is 5.82 Å². The molecule has 2 rings (SSSR count). The van der Waals surface area contributed by atoms with Crippen molar-refractivity contribution in [2.24, 2.45) is 0 Å². The van der Waals surface area contributed by atoms with Crippen LogP contribution in [0.5, 0.6) is 0 Å². The van der Waals surface area contributed by atoms with Crippen molar-refractivity contribution in [2.45, 2.75) is 25.3 Å². The maximum absolute atomic E-state index is 13.3. The van der Waals surface area contributed by atoms with Gasteiger partial charge in [0.15, 0.2) is 11.6 Å². The third-order valence-corrected chi connectivity index (χ3v) is 2.55. The van der Waals surface area contributed by atoms with Gasteiger partial charge in [0.2, 0.25) is 0 Å². The summed E-state index contributed by atoms with van der Waals surface area (Å²) >= 11 is 0. The molecule has 0 bridgehead atoms. The minimum absolute atomic E-state index is 0.275. The molecule has 4 heteroatoms. The van der Waals surface area contributed by atoms with Gasteiger partial charge in [0.1, 0.15) is 0 Å². The van der Waals surface area contributed by atoms with E-state index < -0.39 is 0 Å². The van der Waals surface area contributed by atoms with Crippen LogP contribution in [0.2, 0.25) is 0 Å². The Bertz CT molecular complexity index is 311. The number of nitrogens with zero attached hydrogens (tertiary/aromatic N) is 1. The summed E-state index contributed by atoms with van der Waals surface area (Å²) in [7, 11) is 0. The van der Waals surface area contributed by atoms with Crippen LogP contribution in [0.25, 0.3) is 0 Å². The second kappa shape index (κ2) is 5.07. The molecule has 0 spiro atoms. The quantitative estimate of drug-likeness (QED) is 0.812. The van der Waals surface area contributed by atoms with Crippen LogP contribution in [0.1, 0.15) is 19.3 Å². The van der Waals surface area contributed by atoms with Gasteiger partial charge in [0, 0.05) is 25.5 Å². The number of ether oxygens (including phenoxy) is 1. The molecule has 2 heterocycles. The second-order valence-electron chi connectivity index (χ2n) is 3.72. The number of hydrogen-bond donors (Lipinski definition) is 1. The summed E-state index contributed by atoms with van der Waals surface area (Å²) in [6.45, 7) is 1.55. The van der Waals surface area contributed by atoms with E-state index in [0.717, 1.165) is 32.5 Å². The van der Waals surface area contributed by atoms with Crippen molar-refractivity contribution in [3.05, 3.63) is 24.1 Å². The Balaban J connectivity index is 1.98. The van der Waals surface area contributed by atoms with Gasteiger partial charge in [0.05, 0.1) is 0 Å². The Hall–Kier alpha value is -1.16. The minimum Gasteiger partial charge on any atom is -0.381 e. The Labute approximate surface area is 88.7 Å². The third kappa shape index (κ3) is 2.89. The van der Waals surface area contributed by atoms with Crippen molar-refractivity contribution in [3.8, 4) is 0 Å². The Morgan fingerprint density at radius 3 is 3.20 bits per heavy atom. The summed E-state index contributed by atoms with van der Waals surface area (Å²) in [6.07, 6.45) is 4.54. The molecule has 0 radical (unpaired) electrons. The lowest BCUT2D eigenvalue weighted by atomic mass is 10.1. The number of rotatable bonds is 2. The highest BCUT2D eigenvalue weighted by atomic mass is 19.1. The maximum Gasteiger partial charge on any atom is 0.165 e. The van der Waals surface area contributed by atoms with Crippen molar-refractivity contribution in [3.63, 3.8) is 0 Å². The van der Waals surface area contributed by atoms with Crippen molar-refractivity contribution in [1.29, 1.82) is 0 Å². The predicted octanol–water partition coefficient (Wildman–Crippen LogP) is 2.20. The summed E-state index contributed by atoms with van der Waals surface area (Å²) in [6, 6.07) is 3.29. The fourth-order valence-electron chi connectivity index (χ4n) is 1.73. The number of pyridine rings is 1. The van der Waals surface area contributed by atoms with Gasteiger partial charge in [-0.05, 0) is 31.4 Å². The smallest absolute Gasteiger partial charge is 0.165 e. The maximum atomic E-state index is 13.3. The largest absolute Gasteiger partial charge is 0.381 e. The zero-order valence-corrected chi connectivity index (χ0v) is 8.58. The second-order valence-corrected chi connectivity index (χ2v) is 3.72. The highest BCUT2D eigenvalue weighted by Gasteiger charge is 2.14. The van der Waals surface area contributed by atoms with E-state index >= 15 is 0 Å². The molecule has 1 aromatic heterocycles. The Morgan fingerprint density at radius 1 is 1.40 bits per heavy atom. The van der Waals surface area contributed by atoms with Crippen LogP contribution >= 0.6 is 0 Å². The summed E-state index contributed by atoms with van der Waals surface area (Å²) in [5.74, 6) is 0.0621. The molecule has 0 aliphatic carbocycles. The molecule has 1 aliphatic rings. The van der Waals surface area contributed by atoms with Gasteiger partial charge < -0.3 is 10.1 Å². The van der Waals surface area contributed by atoms with Crippen LogP contribution in [0.15, 0.2) is 18.3 Å². The molecular weight excluding hydrogens is 195 g/mol. The molecule has 1 N–H and O–H groups in total. The molecule has 1 aliphatic heterocycles. The standard InChI is InChI=1S/C11H15FN2O/c12-10-4-1-6-13-11(10)14-9-3-2-7-15-8-5-9/h1,4,6,9H,2-3,5,7-8H2,(H,13,14)/t9-/m0/s1. The first-order chi connectivity index (χ1) is 7.36. The molecule has 1 aromatic rings. The zero-order valence-electron chi connectivity index (χ0n) is 8.58. The normalized spacial score (nSPS) is 22.1. The van der Waals surface area contributed by atoms with Crippen molar-refractivity contribution in [1.82, 2.24) is 4.98 Å². The van der Waals surface area contributed by atoms with Gasteiger partial charge in [-0.15, -0.1) is 0 Å². The van der Waals surface area contributed by atoms with Crippen molar-refractivity contribution in [2.75, 3.05) is 18.5 Å². The van der Waals surface area contributed by atoms with Crippen LogP contribution in [0.4, 0.5) is 10.2 Å². The Kier molecular flexibility index (Phi) is 3.50. The van der Waals surface area contributed by atoms with E-state index in [9.17, 15) is 4.39 Å². The fraction of sp³-hybridized carbons (Fsp3) is 0.545. The first-order valence-electron chi connectivity index (χ1n) is 5.31. The summed E-state index contributed by atoms with van der Waals surface area (Å²) < 4.78 is 18.6. The molecule has 0 aromatic carbocycles. The SMILES string of the molecule is Fc1cccnc1N[C@H]1CCCOCC1. The average molecular weight is 210 g/mol. The van der Waals surface area contributed by atoms with E-state index in [2.05, 4.69) is 10.3 Å². The molecule has 82 valence electrons. The summed E-state index contributed by atoms with van der Waals surface area (Å²) in [5, 5.41) is 3.12. The number of aromatic nitrogens is 1. The van der Waals surface area contributed by atoms with Crippen molar-refractivity contribution < 1.29 is 9.13 Å². The molecule has 15 heavy (non-hydrogen) atoms. The summed E-state index contributed by atoms with van der Waals surface area (Å²) in [4.78, 5) is 3.98. The number of hydrogen-bond acceptors (Lipinski definition) is 3. The van der Waals surface area contributed by atoms with Crippen LogP contribution < -0.4 is 5.32 Å². The first-order valence-corrected chi connectivity index (χ1v) is 5.31. The molecule has 1 fully saturated rings. The fourth-order valence-corrected chi connectivity index (χ4v) is 1.73. The van der Waals surface area contributed by atoms with Gasteiger partial charge in [-0.25, -0.2) is 9.37 Å². The van der Waals surface area contributed by atoms with Gasteiger partial charge >= 0.3 is 0 Å². The molecule has 3 nitrogen and oxygen atoms in total. The van der Waals surface area contributed by atoms with Crippen LogP contribution in [0, 0.1) is 5.82 Å². The third-order valence-electron chi connectivity index (χ3n) is 2.55. The van der Waals surface area contributed by atoms with Crippen LogP contribution in [-0.4, -0.2) is 24.2 Å². The monoisotopic (exact) mass is 210 g/mol. The lowest BCUT2D eigenvalue weighted by molar-refractivity contribution is 0.144. The number of halogens is 1. The van der Waals surface area contributed by atoms with E-state index in [1.54, 1.807) is 12.3 Å². The molecule has 0 amide bonds. The highest BCUT2D eigenvalue weighted by molar-refractivity contribution is 5.36. The Morgan fingerprint density at radius 2 is 2.33 bits per heavy atom.